The third kappa shape index (κ3) is 13.5. The summed E-state index contributed by atoms with van der Waals surface area (Å²) in [6, 6.07) is 0. The SMILES string of the molecule is CCNCC(=O)NCCCCCCCCC(C)C. The van der Waals surface area contributed by atoms with E-state index in [9.17, 15) is 4.79 Å². The van der Waals surface area contributed by atoms with Crippen molar-refractivity contribution >= 4 is 5.91 Å². The zero-order valence-electron chi connectivity index (χ0n) is 12.6. The molecule has 0 bridgehead atoms. The van der Waals surface area contributed by atoms with Gasteiger partial charge in [-0.2, -0.15) is 0 Å². The molecule has 0 saturated carbocycles. The largest absolute Gasteiger partial charge is 0.355 e. The molecule has 0 rings (SSSR count). The molecule has 0 radical (unpaired) electrons. The molecule has 0 aromatic heterocycles. The molecule has 0 unspecified atom stereocenters. The van der Waals surface area contributed by atoms with Crippen LogP contribution >= 0.6 is 0 Å². The number of rotatable bonds is 12. The normalized spacial score (nSPS) is 10.9. The van der Waals surface area contributed by atoms with Crippen LogP contribution in [-0.2, 0) is 4.79 Å². The molecule has 0 spiro atoms. The standard InChI is InChI=1S/C15H32N2O/c1-4-16-13-15(18)17-12-10-8-6-5-7-9-11-14(2)3/h14,16H,4-13H2,1-3H3,(H,17,18). The Kier molecular flexibility index (Phi) is 12.5. The predicted octanol–water partition coefficient (Wildman–Crippen LogP) is 3.10. The number of likely N-dealkylation sites (N-methyl/N-ethyl adjacent to an activating group) is 1. The van der Waals surface area contributed by atoms with Gasteiger partial charge in [-0.05, 0) is 18.9 Å². The molecule has 0 atom stereocenters. The third-order valence-corrected chi connectivity index (χ3v) is 3.07. The molecule has 3 heteroatoms. The Morgan fingerprint density at radius 3 is 2.22 bits per heavy atom. The van der Waals surface area contributed by atoms with E-state index in [1.54, 1.807) is 0 Å². The second-order valence-corrected chi connectivity index (χ2v) is 5.43. The molecule has 2 N–H and O–H groups in total. The Morgan fingerprint density at radius 1 is 1.00 bits per heavy atom. The Bertz CT molecular complexity index is 193. The van der Waals surface area contributed by atoms with Gasteiger partial charge in [0, 0.05) is 6.54 Å². The zero-order chi connectivity index (χ0) is 13.6. The van der Waals surface area contributed by atoms with Gasteiger partial charge in [0.05, 0.1) is 6.54 Å². The molecule has 18 heavy (non-hydrogen) atoms. The molecule has 0 aliphatic rings. The fraction of sp³-hybridized carbons (Fsp3) is 0.933. The maximum absolute atomic E-state index is 11.3. The monoisotopic (exact) mass is 256 g/mol. The van der Waals surface area contributed by atoms with E-state index in [2.05, 4.69) is 24.5 Å². The fourth-order valence-corrected chi connectivity index (χ4v) is 1.91. The average Bonchev–Trinajstić information content (AvgIpc) is 2.34. The van der Waals surface area contributed by atoms with Crippen LogP contribution in [0.5, 0.6) is 0 Å². The van der Waals surface area contributed by atoms with E-state index in [-0.39, 0.29) is 5.91 Å². The van der Waals surface area contributed by atoms with E-state index in [0.717, 1.165) is 25.4 Å². The minimum Gasteiger partial charge on any atom is -0.355 e. The van der Waals surface area contributed by atoms with Crippen LogP contribution in [0.3, 0.4) is 0 Å². The van der Waals surface area contributed by atoms with E-state index in [0.29, 0.717) is 6.54 Å². The lowest BCUT2D eigenvalue weighted by atomic mass is 10.0. The molecular formula is C15H32N2O. The number of hydrogen-bond donors (Lipinski definition) is 2. The lowest BCUT2D eigenvalue weighted by Gasteiger charge is -2.06. The average molecular weight is 256 g/mol. The van der Waals surface area contributed by atoms with Crippen molar-refractivity contribution in [3.05, 3.63) is 0 Å². The van der Waals surface area contributed by atoms with Crippen LogP contribution < -0.4 is 10.6 Å². The Labute approximate surface area is 113 Å². The third-order valence-electron chi connectivity index (χ3n) is 3.07. The van der Waals surface area contributed by atoms with E-state index >= 15 is 0 Å². The molecule has 3 nitrogen and oxygen atoms in total. The minimum atomic E-state index is 0.119. The van der Waals surface area contributed by atoms with Gasteiger partial charge in [-0.3, -0.25) is 4.79 Å². The molecule has 0 aliphatic heterocycles. The summed E-state index contributed by atoms with van der Waals surface area (Å²) in [5.74, 6) is 0.964. The van der Waals surface area contributed by atoms with Gasteiger partial charge in [0.1, 0.15) is 0 Å². The Balaban J connectivity index is 3.09. The summed E-state index contributed by atoms with van der Waals surface area (Å²) >= 11 is 0. The van der Waals surface area contributed by atoms with Gasteiger partial charge < -0.3 is 10.6 Å². The molecular weight excluding hydrogens is 224 g/mol. The Morgan fingerprint density at radius 2 is 1.61 bits per heavy atom. The van der Waals surface area contributed by atoms with Crippen molar-refractivity contribution in [1.82, 2.24) is 10.6 Å². The predicted molar refractivity (Wildman–Crippen MR) is 78.7 cm³/mol. The molecule has 0 aromatic carbocycles. The summed E-state index contributed by atoms with van der Waals surface area (Å²) < 4.78 is 0. The van der Waals surface area contributed by atoms with Crippen molar-refractivity contribution in [3.63, 3.8) is 0 Å². The highest BCUT2D eigenvalue weighted by Crippen LogP contribution is 2.10. The van der Waals surface area contributed by atoms with Gasteiger partial charge in [0.2, 0.25) is 5.91 Å². The van der Waals surface area contributed by atoms with Gasteiger partial charge in [-0.25, -0.2) is 0 Å². The second-order valence-electron chi connectivity index (χ2n) is 5.43. The van der Waals surface area contributed by atoms with Gasteiger partial charge in [0.25, 0.3) is 0 Å². The van der Waals surface area contributed by atoms with Crippen molar-refractivity contribution in [3.8, 4) is 0 Å². The Hall–Kier alpha value is -0.570. The van der Waals surface area contributed by atoms with Crippen molar-refractivity contribution in [2.75, 3.05) is 19.6 Å². The minimum absolute atomic E-state index is 0.119. The van der Waals surface area contributed by atoms with E-state index in [1.807, 2.05) is 6.92 Å². The fourth-order valence-electron chi connectivity index (χ4n) is 1.91. The first-order valence-corrected chi connectivity index (χ1v) is 7.64. The molecule has 0 saturated heterocycles. The molecule has 1 amide bonds. The number of carbonyl (C=O) groups excluding carboxylic acids is 1. The van der Waals surface area contributed by atoms with Crippen LogP contribution in [0.4, 0.5) is 0 Å². The first-order valence-electron chi connectivity index (χ1n) is 7.64. The van der Waals surface area contributed by atoms with Crippen LogP contribution in [0.2, 0.25) is 0 Å². The van der Waals surface area contributed by atoms with Crippen LogP contribution in [-0.4, -0.2) is 25.5 Å². The smallest absolute Gasteiger partial charge is 0.233 e. The van der Waals surface area contributed by atoms with Crippen molar-refractivity contribution < 1.29 is 4.79 Å². The van der Waals surface area contributed by atoms with Crippen molar-refractivity contribution in [1.29, 1.82) is 0 Å². The highest BCUT2D eigenvalue weighted by Gasteiger charge is 1.98. The highest BCUT2D eigenvalue weighted by atomic mass is 16.1. The first-order chi connectivity index (χ1) is 8.66. The number of carbonyl (C=O) groups is 1. The zero-order valence-corrected chi connectivity index (χ0v) is 12.6. The second kappa shape index (κ2) is 12.9. The van der Waals surface area contributed by atoms with Gasteiger partial charge in [-0.1, -0.05) is 59.3 Å². The summed E-state index contributed by atoms with van der Waals surface area (Å²) in [5, 5.41) is 5.95. The summed E-state index contributed by atoms with van der Waals surface area (Å²) in [7, 11) is 0. The summed E-state index contributed by atoms with van der Waals surface area (Å²) in [5.41, 5.74) is 0. The number of hydrogen-bond acceptors (Lipinski definition) is 2. The topological polar surface area (TPSA) is 41.1 Å². The van der Waals surface area contributed by atoms with Gasteiger partial charge in [0.15, 0.2) is 0 Å². The van der Waals surface area contributed by atoms with E-state index in [1.165, 1.54) is 38.5 Å². The summed E-state index contributed by atoms with van der Waals surface area (Å²) in [4.78, 5) is 11.3. The lowest BCUT2D eigenvalue weighted by molar-refractivity contribution is -0.120. The first kappa shape index (κ1) is 17.4. The number of nitrogens with one attached hydrogen (secondary N) is 2. The molecule has 0 fully saturated rings. The molecule has 108 valence electrons. The van der Waals surface area contributed by atoms with Crippen molar-refractivity contribution in [2.24, 2.45) is 5.92 Å². The van der Waals surface area contributed by atoms with Crippen molar-refractivity contribution in [2.45, 2.75) is 65.7 Å². The molecule has 0 aliphatic carbocycles. The highest BCUT2D eigenvalue weighted by molar-refractivity contribution is 5.77. The lowest BCUT2D eigenvalue weighted by Crippen LogP contribution is -2.34. The van der Waals surface area contributed by atoms with Crippen LogP contribution in [0, 0.1) is 5.92 Å². The summed E-state index contributed by atoms with van der Waals surface area (Å²) in [6.45, 7) is 8.71. The van der Waals surface area contributed by atoms with Crippen LogP contribution in [0.15, 0.2) is 0 Å². The number of unbranched alkanes of at least 4 members (excludes halogenated alkanes) is 5. The van der Waals surface area contributed by atoms with Crippen LogP contribution in [0.25, 0.3) is 0 Å². The quantitative estimate of drug-likeness (QED) is 0.527. The van der Waals surface area contributed by atoms with Gasteiger partial charge >= 0.3 is 0 Å². The van der Waals surface area contributed by atoms with E-state index in [4.69, 9.17) is 0 Å². The molecule has 0 aromatic rings. The maximum atomic E-state index is 11.3. The molecule has 0 heterocycles. The van der Waals surface area contributed by atoms with E-state index < -0.39 is 0 Å². The van der Waals surface area contributed by atoms with Crippen LogP contribution in [0.1, 0.15) is 65.7 Å². The number of amides is 1. The van der Waals surface area contributed by atoms with Gasteiger partial charge in [-0.15, -0.1) is 0 Å². The maximum Gasteiger partial charge on any atom is 0.233 e. The summed E-state index contributed by atoms with van der Waals surface area (Å²) in [6.07, 6.45) is 9.10.